The molecular weight excluding hydrogens is 236 g/mol. The first-order chi connectivity index (χ1) is 8.69. The van der Waals surface area contributed by atoms with Crippen LogP contribution in [0.5, 0.6) is 5.75 Å². The van der Waals surface area contributed by atoms with E-state index >= 15 is 0 Å². The summed E-state index contributed by atoms with van der Waals surface area (Å²) >= 11 is 0. The van der Waals surface area contributed by atoms with Crippen LogP contribution in [0.25, 0.3) is 0 Å². The maximum Gasteiger partial charge on any atom is 0.131 e. The molecule has 0 saturated heterocycles. The minimum atomic E-state index is -0.394. The van der Waals surface area contributed by atoms with Crippen LogP contribution in [0.15, 0.2) is 42.5 Å². The fourth-order valence-electron chi connectivity index (χ4n) is 1.58. The molecule has 0 radical (unpaired) electrons. The Morgan fingerprint density at radius 1 is 1.06 bits per heavy atom. The third kappa shape index (κ3) is 3.05. The lowest BCUT2D eigenvalue weighted by Gasteiger charge is -2.08. The average Bonchev–Trinajstić information content (AvgIpc) is 2.37. The van der Waals surface area contributed by atoms with Crippen LogP contribution >= 0.6 is 0 Å². The molecule has 2 aromatic carbocycles. The van der Waals surface area contributed by atoms with Crippen LogP contribution < -0.4 is 10.5 Å². The molecule has 4 heteroatoms. The summed E-state index contributed by atoms with van der Waals surface area (Å²) in [5.41, 5.74) is 6.49. The Balaban J connectivity index is 2.04. The van der Waals surface area contributed by atoms with Crippen molar-refractivity contribution in [3.8, 4) is 5.75 Å². The van der Waals surface area contributed by atoms with Crippen LogP contribution in [0.1, 0.15) is 11.1 Å². The molecule has 0 bridgehead atoms. The average molecular weight is 249 g/mol. The van der Waals surface area contributed by atoms with Crippen molar-refractivity contribution in [1.29, 1.82) is 0 Å². The molecule has 2 N–H and O–H groups in total. The van der Waals surface area contributed by atoms with Crippen molar-refractivity contribution in [3.05, 3.63) is 65.2 Å². The lowest BCUT2D eigenvalue weighted by atomic mass is 10.2. The molecule has 0 aromatic heterocycles. The van der Waals surface area contributed by atoms with Gasteiger partial charge in [-0.05, 0) is 23.8 Å². The number of ether oxygens (including phenoxy) is 1. The summed E-state index contributed by atoms with van der Waals surface area (Å²) in [6.07, 6.45) is 0. The van der Waals surface area contributed by atoms with Crippen LogP contribution in [0.3, 0.4) is 0 Å². The minimum absolute atomic E-state index is 0.149. The Kier molecular flexibility index (Phi) is 3.89. The Morgan fingerprint density at radius 3 is 2.56 bits per heavy atom. The number of rotatable bonds is 4. The van der Waals surface area contributed by atoms with E-state index in [0.29, 0.717) is 16.9 Å². The zero-order chi connectivity index (χ0) is 13.0. The van der Waals surface area contributed by atoms with Crippen molar-refractivity contribution >= 4 is 0 Å². The molecule has 0 fully saturated rings. The molecule has 0 saturated carbocycles. The molecule has 0 spiro atoms. The highest BCUT2D eigenvalue weighted by molar-refractivity contribution is 5.29. The van der Waals surface area contributed by atoms with Gasteiger partial charge in [0.05, 0.1) is 0 Å². The lowest BCUT2D eigenvalue weighted by Crippen LogP contribution is -2.01. The molecule has 2 aromatic rings. The highest BCUT2D eigenvalue weighted by Crippen LogP contribution is 2.17. The van der Waals surface area contributed by atoms with E-state index in [1.54, 1.807) is 24.3 Å². The summed E-state index contributed by atoms with van der Waals surface area (Å²) in [5, 5.41) is 0. The monoisotopic (exact) mass is 249 g/mol. The van der Waals surface area contributed by atoms with Gasteiger partial charge < -0.3 is 10.5 Å². The second-order valence-electron chi connectivity index (χ2n) is 3.88. The molecule has 0 aliphatic carbocycles. The minimum Gasteiger partial charge on any atom is -0.489 e. The molecule has 94 valence electrons. The molecule has 2 nitrogen and oxygen atoms in total. The van der Waals surface area contributed by atoms with Crippen molar-refractivity contribution in [2.45, 2.75) is 13.2 Å². The second kappa shape index (κ2) is 5.60. The molecule has 0 amide bonds. The van der Waals surface area contributed by atoms with Crippen LogP contribution in [-0.4, -0.2) is 0 Å². The van der Waals surface area contributed by atoms with Crippen molar-refractivity contribution in [2.75, 3.05) is 0 Å². The van der Waals surface area contributed by atoms with E-state index in [4.69, 9.17) is 10.5 Å². The lowest BCUT2D eigenvalue weighted by molar-refractivity contribution is 0.303. The van der Waals surface area contributed by atoms with Crippen LogP contribution in [0, 0.1) is 11.6 Å². The second-order valence-corrected chi connectivity index (χ2v) is 3.88. The summed E-state index contributed by atoms with van der Waals surface area (Å²) in [4.78, 5) is 0. The van der Waals surface area contributed by atoms with Gasteiger partial charge in [0.1, 0.15) is 24.0 Å². The van der Waals surface area contributed by atoms with E-state index in [1.807, 2.05) is 0 Å². The summed E-state index contributed by atoms with van der Waals surface area (Å²) in [7, 11) is 0. The molecule has 0 atom stereocenters. The number of halogens is 2. The Morgan fingerprint density at radius 2 is 1.89 bits per heavy atom. The van der Waals surface area contributed by atoms with E-state index in [9.17, 15) is 8.78 Å². The maximum atomic E-state index is 13.4. The van der Waals surface area contributed by atoms with Gasteiger partial charge in [0.15, 0.2) is 0 Å². The first-order valence-electron chi connectivity index (χ1n) is 5.55. The Labute approximate surface area is 104 Å². The number of benzene rings is 2. The van der Waals surface area contributed by atoms with Crippen molar-refractivity contribution in [3.63, 3.8) is 0 Å². The fourth-order valence-corrected chi connectivity index (χ4v) is 1.58. The third-order valence-corrected chi connectivity index (χ3v) is 2.54. The van der Waals surface area contributed by atoms with E-state index in [-0.39, 0.29) is 19.0 Å². The van der Waals surface area contributed by atoms with Crippen molar-refractivity contribution in [1.82, 2.24) is 0 Å². The van der Waals surface area contributed by atoms with Gasteiger partial charge in [-0.1, -0.05) is 18.2 Å². The molecule has 0 aliphatic rings. The summed E-state index contributed by atoms with van der Waals surface area (Å²) < 4.78 is 31.7. The van der Waals surface area contributed by atoms with E-state index in [2.05, 4.69) is 0 Å². The largest absolute Gasteiger partial charge is 0.489 e. The predicted molar refractivity (Wildman–Crippen MR) is 65.0 cm³/mol. The van der Waals surface area contributed by atoms with Crippen LogP contribution in [0.4, 0.5) is 8.78 Å². The van der Waals surface area contributed by atoms with Crippen molar-refractivity contribution < 1.29 is 13.5 Å². The quantitative estimate of drug-likeness (QED) is 0.904. The first-order valence-corrected chi connectivity index (χ1v) is 5.55. The molecule has 0 aliphatic heterocycles. The van der Waals surface area contributed by atoms with Gasteiger partial charge >= 0.3 is 0 Å². The topological polar surface area (TPSA) is 35.2 Å². The smallest absolute Gasteiger partial charge is 0.131 e. The standard InChI is InChI=1S/C14H13F2NO/c15-12-3-1-2-10(6-12)9-18-13-5-4-11(8-17)14(16)7-13/h1-7H,8-9,17H2. The number of hydrogen-bond acceptors (Lipinski definition) is 2. The molecule has 0 unspecified atom stereocenters. The zero-order valence-electron chi connectivity index (χ0n) is 9.70. The first kappa shape index (κ1) is 12.5. The summed E-state index contributed by atoms with van der Waals surface area (Å²) in [6, 6.07) is 10.6. The Hall–Kier alpha value is -1.94. The number of hydrogen-bond donors (Lipinski definition) is 1. The molecular formula is C14H13F2NO. The summed E-state index contributed by atoms with van der Waals surface area (Å²) in [6.45, 7) is 0.342. The highest BCUT2D eigenvalue weighted by atomic mass is 19.1. The van der Waals surface area contributed by atoms with Gasteiger partial charge in [0.25, 0.3) is 0 Å². The third-order valence-electron chi connectivity index (χ3n) is 2.54. The van der Waals surface area contributed by atoms with Gasteiger partial charge in [-0.3, -0.25) is 0 Å². The normalized spacial score (nSPS) is 10.4. The van der Waals surface area contributed by atoms with Gasteiger partial charge in [0, 0.05) is 18.2 Å². The molecule has 18 heavy (non-hydrogen) atoms. The number of nitrogens with two attached hydrogens (primary N) is 1. The highest BCUT2D eigenvalue weighted by Gasteiger charge is 2.03. The van der Waals surface area contributed by atoms with E-state index in [1.165, 1.54) is 18.2 Å². The SMILES string of the molecule is NCc1ccc(OCc2cccc(F)c2)cc1F. The van der Waals surface area contributed by atoms with Gasteiger partial charge in [-0.2, -0.15) is 0 Å². The fraction of sp³-hybridized carbons (Fsp3) is 0.143. The van der Waals surface area contributed by atoms with Gasteiger partial charge in [-0.15, -0.1) is 0 Å². The predicted octanol–water partition coefficient (Wildman–Crippen LogP) is 3.00. The Bertz CT molecular complexity index is 543. The molecule has 0 heterocycles. The van der Waals surface area contributed by atoms with E-state index < -0.39 is 5.82 Å². The van der Waals surface area contributed by atoms with Gasteiger partial charge in [0.2, 0.25) is 0 Å². The molecule has 2 rings (SSSR count). The maximum absolute atomic E-state index is 13.4. The summed E-state index contributed by atoms with van der Waals surface area (Å²) in [5.74, 6) is -0.316. The van der Waals surface area contributed by atoms with Crippen LogP contribution in [-0.2, 0) is 13.2 Å². The van der Waals surface area contributed by atoms with Crippen molar-refractivity contribution in [2.24, 2.45) is 5.73 Å². The van der Waals surface area contributed by atoms with Gasteiger partial charge in [-0.25, -0.2) is 8.78 Å². The van der Waals surface area contributed by atoms with Crippen LogP contribution in [0.2, 0.25) is 0 Å². The van der Waals surface area contributed by atoms with E-state index in [0.717, 1.165) is 0 Å². The zero-order valence-corrected chi connectivity index (χ0v) is 9.70.